The van der Waals surface area contributed by atoms with Gasteiger partial charge < -0.3 is 10.2 Å². The third-order valence-electron chi connectivity index (χ3n) is 12.8. The Morgan fingerprint density at radius 2 is 1.11 bits per heavy atom. The molecule has 0 amide bonds. The number of fused-ring (bicyclic) bond motifs is 4. The van der Waals surface area contributed by atoms with Crippen molar-refractivity contribution in [2.24, 2.45) is 0 Å². The molecule has 3 nitrogen and oxygen atoms in total. The Balaban J connectivity index is 1.14. The van der Waals surface area contributed by atoms with E-state index in [1.807, 2.05) is 36.4 Å². The highest BCUT2D eigenvalue weighted by atomic mass is 15.1. The fraction of sp³-hybridized carbons (Fsp3) is 0.0500. The maximum absolute atomic E-state index is 9.75. The normalized spacial score (nSPS) is 16.7. The Bertz CT molecular complexity index is 3130. The summed E-state index contributed by atoms with van der Waals surface area (Å²) in [6.45, 7) is 0. The second-order valence-electron chi connectivity index (χ2n) is 16.4. The summed E-state index contributed by atoms with van der Waals surface area (Å²) in [6, 6.07) is 75.7. The van der Waals surface area contributed by atoms with Gasteiger partial charge in [0.05, 0.1) is 16.8 Å². The van der Waals surface area contributed by atoms with Crippen molar-refractivity contribution in [1.29, 1.82) is 5.41 Å². The van der Waals surface area contributed by atoms with Crippen LogP contribution in [0.15, 0.2) is 236 Å². The van der Waals surface area contributed by atoms with Gasteiger partial charge >= 0.3 is 0 Å². The Kier molecular flexibility index (Phi) is 9.71. The van der Waals surface area contributed by atoms with Crippen LogP contribution in [0.1, 0.15) is 57.3 Å². The zero-order valence-electron chi connectivity index (χ0n) is 34.9. The molecule has 63 heavy (non-hydrogen) atoms. The van der Waals surface area contributed by atoms with Gasteiger partial charge in [-0.2, -0.15) is 0 Å². The highest BCUT2D eigenvalue weighted by molar-refractivity contribution is 6.36. The summed E-state index contributed by atoms with van der Waals surface area (Å²) in [5.41, 5.74) is 18.9. The van der Waals surface area contributed by atoms with Crippen molar-refractivity contribution >= 4 is 45.8 Å². The van der Waals surface area contributed by atoms with Gasteiger partial charge in [-0.05, 0) is 99.8 Å². The molecule has 2 aliphatic carbocycles. The Morgan fingerprint density at radius 1 is 0.524 bits per heavy atom. The van der Waals surface area contributed by atoms with Crippen molar-refractivity contribution in [2.75, 3.05) is 4.90 Å². The molecule has 0 fully saturated rings. The summed E-state index contributed by atoms with van der Waals surface area (Å²) in [4.78, 5) is 2.40. The molecule has 2 N–H and O–H groups in total. The van der Waals surface area contributed by atoms with Crippen molar-refractivity contribution in [2.45, 2.75) is 18.3 Å². The van der Waals surface area contributed by atoms with Gasteiger partial charge in [0.25, 0.3) is 0 Å². The van der Waals surface area contributed by atoms with Gasteiger partial charge in [0.1, 0.15) is 0 Å². The summed E-state index contributed by atoms with van der Waals surface area (Å²) >= 11 is 0. The van der Waals surface area contributed by atoms with E-state index in [-0.39, 0.29) is 0 Å². The smallest absolute Gasteiger partial charge is 0.0711 e. The van der Waals surface area contributed by atoms with Gasteiger partial charge in [0.15, 0.2) is 0 Å². The van der Waals surface area contributed by atoms with Crippen LogP contribution < -0.4 is 10.2 Å². The van der Waals surface area contributed by atoms with Crippen molar-refractivity contribution in [3.05, 3.63) is 281 Å². The van der Waals surface area contributed by atoms with Gasteiger partial charge in [-0.25, -0.2) is 0 Å². The number of hydrogen-bond donors (Lipinski definition) is 2. The quantitative estimate of drug-likeness (QED) is 0.143. The molecule has 300 valence electrons. The molecule has 8 aromatic carbocycles. The summed E-state index contributed by atoms with van der Waals surface area (Å²) in [5.74, 6) is 0. The highest BCUT2D eigenvalue weighted by Gasteiger charge is 2.47. The minimum atomic E-state index is -0.443. The van der Waals surface area contributed by atoms with E-state index in [4.69, 9.17) is 0 Å². The van der Waals surface area contributed by atoms with Crippen LogP contribution in [0, 0.1) is 5.41 Å². The number of para-hydroxylation sites is 1. The Morgan fingerprint density at radius 3 is 1.81 bits per heavy atom. The number of allylic oxidation sites excluding steroid dienone is 5. The van der Waals surface area contributed by atoms with Gasteiger partial charge in [-0.1, -0.05) is 200 Å². The van der Waals surface area contributed by atoms with E-state index in [1.165, 1.54) is 33.4 Å². The number of benzene rings is 8. The number of rotatable bonds is 9. The second-order valence-corrected chi connectivity index (χ2v) is 16.4. The Labute approximate surface area is 369 Å². The standard InChI is InChI=1S/C60H45N3/c61-58(44-25-11-3-12-26-44)57(43-23-9-2-10-24-43)59-51-37-35-49(39-45(51)40-56(62-59)42-21-7-1-8-22-42)63(48-31-17-6-18-32-48)50-36-38-53-52-33-19-20-34-54(52)60(55(53)41-50,46-27-13-4-14-28-46)47-29-15-5-16-30-47/h1-15,17-29,31-41,61-62H,16,30H2/b59-57-,61-58?. The highest BCUT2D eigenvalue weighted by Crippen LogP contribution is 2.58. The fourth-order valence-electron chi connectivity index (χ4n) is 10.0. The Hall–Kier alpha value is -8.01. The van der Waals surface area contributed by atoms with Crippen LogP contribution in [0.2, 0.25) is 0 Å². The number of nitrogens with zero attached hydrogens (tertiary/aromatic N) is 1. The van der Waals surface area contributed by atoms with Crippen LogP contribution in [-0.4, -0.2) is 5.71 Å². The summed E-state index contributed by atoms with van der Waals surface area (Å²) < 4.78 is 0. The molecule has 0 aromatic heterocycles. The van der Waals surface area contributed by atoms with E-state index in [1.54, 1.807) is 0 Å². The second kappa shape index (κ2) is 16.1. The third-order valence-corrected chi connectivity index (χ3v) is 12.8. The molecule has 1 heterocycles. The number of anilines is 3. The average Bonchev–Trinajstić information content (AvgIpc) is 3.66. The zero-order valence-corrected chi connectivity index (χ0v) is 34.9. The summed E-state index contributed by atoms with van der Waals surface area (Å²) in [5, 5.41) is 13.6. The molecule has 3 heteroatoms. The monoisotopic (exact) mass is 807 g/mol. The largest absolute Gasteiger partial charge is 0.354 e. The molecule has 11 rings (SSSR count). The molecule has 1 atom stereocenters. The lowest BCUT2D eigenvalue weighted by Gasteiger charge is -2.37. The molecule has 0 spiro atoms. The first-order valence-electron chi connectivity index (χ1n) is 21.8. The molecule has 1 aliphatic heterocycles. The topological polar surface area (TPSA) is 39.1 Å². The van der Waals surface area contributed by atoms with Gasteiger partial charge in [0.2, 0.25) is 0 Å². The van der Waals surface area contributed by atoms with Crippen LogP contribution in [0.3, 0.4) is 0 Å². The van der Waals surface area contributed by atoms with Crippen LogP contribution in [0.4, 0.5) is 17.1 Å². The van der Waals surface area contributed by atoms with Gasteiger partial charge in [-0.15, -0.1) is 0 Å². The first kappa shape index (κ1) is 38.0. The summed E-state index contributed by atoms with van der Waals surface area (Å²) in [7, 11) is 0. The van der Waals surface area contributed by atoms with Crippen molar-refractivity contribution < 1.29 is 0 Å². The van der Waals surface area contributed by atoms with E-state index in [0.29, 0.717) is 5.71 Å². The van der Waals surface area contributed by atoms with Crippen LogP contribution >= 0.6 is 0 Å². The van der Waals surface area contributed by atoms with Crippen molar-refractivity contribution in [3.63, 3.8) is 0 Å². The first-order chi connectivity index (χ1) is 31.2. The minimum absolute atomic E-state index is 0.443. The molecular weight excluding hydrogens is 763 g/mol. The average molecular weight is 808 g/mol. The minimum Gasteiger partial charge on any atom is -0.354 e. The lowest BCUT2D eigenvalue weighted by molar-refractivity contribution is 0.693. The van der Waals surface area contributed by atoms with E-state index < -0.39 is 5.41 Å². The number of nitrogens with one attached hydrogen (secondary N) is 2. The molecule has 1 unspecified atom stereocenters. The lowest BCUT2D eigenvalue weighted by Crippen LogP contribution is -2.30. The number of hydrogen-bond acceptors (Lipinski definition) is 3. The maximum Gasteiger partial charge on any atom is 0.0711 e. The molecular formula is C60H45N3. The fourth-order valence-corrected chi connectivity index (χ4v) is 10.0. The SMILES string of the molecule is N=C(/C(=C1\NC(c2ccccc2)=Cc2cc(N(c3ccccc3)c3ccc4c(c3)C(C3=CC=CCC3)(c3ccccc3)c3ccccc3-4)ccc21)c1ccccc1)c1ccccc1. The first-order valence-corrected chi connectivity index (χ1v) is 21.8. The molecule has 0 radical (unpaired) electrons. The van der Waals surface area contributed by atoms with Crippen LogP contribution in [0.25, 0.3) is 34.2 Å². The molecule has 0 saturated carbocycles. The van der Waals surface area contributed by atoms with E-state index >= 15 is 0 Å². The third kappa shape index (κ3) is 6.57. The van der Waals surface area contributed by atoms with E-state index in [2.05, 4.69) is 210 Å². The van der Waals surface area contributed by atoms with E-state index in [0.717, 1.165) is 74.7 Å². The zero-order chi connectivity index (χ0) is 42.2. The molecule has 0 saturated heterocycles. The van der Waals surface area contributed by atoms with Crippen LogP contribution in [0.5, 0.6) is 0 Å². The maximum atomic E-state index is 9.75. The molecule has 8 aromatic rings. The van der Waals surface area contributed by atoms with Crippen molar-refractivity contribution in [1.82, 2.24) is 5.32 Å². The molecule has 0 bridgehead atoms. The van der Waals surface area contributed by atoms with Gasteiger partial charge in [-0.3, -0.25) is 5.41 Å². The van der Waals surface area contributed by atoms with Crippen molar-refractivity contribution in [3.8, 4) is 11.1 Å². The predicted molar refractivity (Wildman–Crippen MR) is 263 cm³/mol. The summed E-state index contributed by atoms with van der Waals surface area (Å²) in [6.07, 6.45) is 11.2. The van der Waals surface area contributed by atoms with E-state index in [9.17, 15) is 5.41 Å². The lowest BCUT2D eigenvalue weighted by atomic mass is 9.65. The molecule has 3 aliphatic rings. The van der Waals surface area contributed by atoms with Gasteiger partial charge in [0, 0.05) is 39.5 Å². The van der Waals surface area contributed by atoms with Crippen LogP contribution in [-0.2, 0) is 5.41 Å². The predicted octanol–water partition coefficient (Wildman–Crippen LogP) is 14.8.